The van der Waals surface area contributed by atoms with Gasteiger partial charge >= 0.3 is 0 Å². The summed E-state index contributed by atoms with van der Waals surface area (Å²) in [6, 6.07) is 0.502. The van der Waals surface area contributed by atoms with Crippen molar-refractivity contribution in [1.29, 1.82) is 0 Å². The highest BCUT2D eigenvalue weighted by atomic mass is 32.1. The maximum absolute atomic E-state index is 4.22. The third-order valence-corrected chi connectivity index (χ3v) is 4.02. The fraction of sp³-hybridized carbons (Fsp3) is 0.833. The molecule has 0 aliphatic heterocycles. The Bertz CT molecular complexity index is 320. The average molecular weight is 239 g/mol. The molecule has 1 heterocycles. The van der Waals surface area contributed by atoms with Gasteiger partial charge in [0.1, 0.15) is 0 Å². The molecule has 0 saturated heterocycles. The van der Waals surface area contributed by atoms with Gasteiger partial charge in [-0.1, -0.05) is 31.2 Å². The number of nitrogens with zero attached hydrogens (tertiary/aromatic N) is 2. The molecule has 1 atom stereocenters. The highest BCUT2D eigenvalue weighted by Crippen LogP contribution is 2.38. The van der Waals surface area contributed by atoms with E-state index in [9.17, 15) is 0 Å². The Kier molecular flexibility index (Phi) is 4.29. The van der Waals surface area contributed by atoms with E-state index in [1.807, 2.05) is 0 Å². The summed E-state index contributed by atoms with van der Waals surface area (Å²) in [7, 11) is 0. The Hall–Kier alpha value is -0.480. The van der Waals surface area contributed by atoms with Gasteiger partial charge in [0.05, 0.1) is 10.6 Å². The molecule has 1 aliphatic carbocycles. The van der Waals surface area contributed by atoms with E-state index in [1.54, 1.807) is 11.5 Å². The van der Waals surface area contributed by atoms with E-state index >= 15 is 0 Å². The summed E-state index contributed by atoms with van der Waals surface area (Å²) >= 11 is 1.58. The largest absolute Gasteiger partial charge is 0.309 e. The van der Waals surface area contributed by atoms with Crippen LogP contribution in [0.3, 0.4) is 0 Å². The average Bonchev–Trinajstić information content (AvgIpc) is 2.99. The number of nitrogens with one attached hydrogen (secondary N) is 1. The molecule has 3 nitrogen and oxygen atoms in total. The van der Waals surface area contributed by atoms with Gasteiger partial charge in [-0.3, -0.25) is 0 Å². The second-order valence-corrected chi connectivity index (χ2v) is 5.41. The highest BCUT2D eigenvalue weighted by molar-refractivity contribution is 7.05. The quantitative estimate of drug-likeness (QED) is 0.795. The smallest absolute Gasteiger partial charge is 0.0800 e. The second-order valence-electron chi connectivity index (χ2n) is 4.62. The van der Waals surface area contributed by atoms with Crippen molar-refractivity contribution >= 4 is 11.5 Å². The molecule has 1 N–H and O–H groups in total. The van der Waals surface area contributed by atoms with E-state index in [0.29, 0.717) is 6.04 Å². The molecule has 1 aromatic heterocycles. The summed E-state index contributed by atoms with van der Waals surface area (Å²) in [6.45, 7) is 5.47. The fourth-order valence-electron chi connectivity index (χ4n) is 2.01. The van der Waals surface area contributed by atoms with Crippen LogP contribution in [0.2, 0.25) is 0 Å². The third kappa shape index (κ3) is 3.01. The van der Waals surface area contributed by atoms with Crippen molar-refractivity contribution < 1.29 is 0 Å². The summed E-state index contributed by atoms with van der Waals surface area (Å²) < 4.78 is 4.10. The lowest BCUT2D eigenvalue weighted by Gasteiger charge is -2.17. The van der Waals surface area contributed by atoms with Gasteiger partial charge in [0.2, 0.25) is 0 Å². The van der Waals surface area contributed by atoms with Crippen LogP contribution >= 0.6 is 11.5 Å². The van der Waals surface area contributed by atoms with E-state index in [-0.39, 0.29) is 0 Å². The number of rotatable bonds is 7. The SMILES string of the molecule is CCCNC(CC1CC1)c1snnc1CC. The Morgan fingerprint density at radius 1 is 1.44 bits per heavy atom. The molecule has 1 aliphatic rings. The molecule has 0 bridgehead atoms. The van der Waals surface area contributed by atoms with Crippen LogP contribution in [0, 0.1) is 5.92 Å². The van der Waals surface area contributed by atoms with E-state index in [1.165, 1.54) is 36.3 Å². The minimum absolute atomic E-state index is 0.502. The number of hydrogen-bond donors (Lipinski definition) is 1. The lowest BCUT2D eigenvalue weighted by Crippen LogP contribution is -2.22. The summed E-state index contributed by atoms with van der Waals surface area (Å²) in [5.74, 6) is 0.946. The van der Waals surface area contributed by atoms with Crippen LogP contribution in [0.1, 0.15) is 56.1 Å². The number of aryl methyl sites for hydroxylation is 1. The lowest BCUT2D eigenvalue weighted by atomic mass is 10.1. The highest BCUT2D eigenvalue weighted by Gasteiger charge is 2.28. The van der Waals surface area contributed by atoms with Gasteiger partial charge in [-0.15, -0.1) is 5.10 Å². The van der Waals surface area contributed by atoms with Crippen molar-refractivity contribution in [3.05, 3.63) is 10.6 Å². The van der Waals surface area contributed by atoms with Crippen LogP contribution in [-0.2, 0) is 6.42 Å². The molecule has 4 heteroatoms. The molecule has 0 radical (unpaired) electrons. The second kappa shape index (κ2) is 5.73. The predicted molar refractivity (Wildman–Crippen MR) is 67.7 cm³/mol. The fourth-order valence-corrected chi connectivity index (χ4v) is 2.84. The molecule has 0 spiro atoms. The van der Waals surface area contributed by atoms with Crippen molar-refractivity contribution in [3.8, 4) is 0 Å². The predicted octanol–water partition coefficient (Wildman–Crippen LogP) is 2.94. The monoisotopic (exact) mass is 239 g/mol. The Morgan fingerprint density at radius 3 is 2.88 bits per heavy atom. The minimum atomic E-state index is 0.502. The van der Waals surface area contributed by atoms with Crippen LogP contribution in [0.5, 0.6) is 0 Å². The molecule has 0 aromatic carbocycles. The molecule has 1 aromatic rings. The molecule has 1 saturated carbocycles. The van der Waals surface area contributed by atoms with Gasteiger partial charge in [0.25, 0.3) is 0 Å². The van der Waals surface area contributed by atoms with Crippen LogP contribution in [0.4, 0.5) is 0 Å². The molecular formula is C12H21N3S. The summed E-state index contributed by atoms with van der Waals surface area (Å²) in [6.07, 6.45) is 6.29. The van der Waals surface area contributed by atoms with Gasteiger partial charge < -0.3 is 5.32 Å². The van der Waals surface area contributed by atoms with Crippen molar-refractivity contribution in [1.82, 2.24) is 14.9 Å². The molecule has 2 rings (SSSR count). The normalized spacial score (nSPS) is 17.6. The zero-order valence-electron chi connectivity index (χ0n) is 10.2. The van der Waals surface area contributed by atoms with Gasteiger partial charge in [0, 0.05) is 6.04 Å². The van der Waals surface area contributed by atoms with Gasteiger partial charge in [-0.25, -0.2) is 0 Å². The Labute approximate surface area is 102 Å². The van der Waals surface area contributed by atoms with E-state index in [4.69, 9.17) is 0 Å². The van der Waals surface area contributed by atoms with Crippen molar-refractivity contribution in [2.45, 2.75) is 52.0 Å². The molecule has 16 heavy (non-hydrogen) atoms. The van der Waals surface area contributed by atoms with Gasteiger partial charge in [-0.2, -0.15) is 0 Å². The van der Waals surface area contributed by atoms with Crippen molar-refractivity contribution in [2.75, 3.05) is 6.54 Å². The zero-order valence-corrected chi connectivity index (χ0v) is 11.0. The third-order valence-electron chi connectivity index (χ3n) is 3.14. The van der Waals surface area contributed by atoms with Crippen molar-refractivity contribution in [2.24, 2.45) is 5.92 Å². The number of aromatic nitrogens is 2. The van der Waals surface area contributed by atoms with E-state index in [2.05, 4.69) is 28.8 Å². The van der Waals surface area contributed by atoms with Gasteiger partial charge in [0.15, 0.2) is 0 Å². The first kappa shape index (κ1) is 12.0. The summed E-state index contributed by atoms with van der Waals surface area (Å²) in [4.78, 5) is 1.38. The van der Waals surface area contributed by atoms with E-state index in [0.717, 1.165) is 18.9 Å². The maximum Gasteiger partial charge on any atom is 0.0800 e. The summed E-state index contributed by atoms with van der Waals surface area (Å²) in [5, 5.41) is 7.87. The first-order valence-corrected chi connectivity index (χ1v) is 7.17. The molecule has 0 amide bonds. The summed E-state index contributed by atoms with van der Waals surface area (Å²) in [5.41, 5.74) is 1.19. The first-order chi connectivity index (χ1) is 7.85. The molecule has 1 fully saturated rings. The van der Waals surface area contributed by atoms with Gasteiger partial charge in [-0.05, 0) is 43.3 Å². The van der Waals surface area contributed by atoms with E-state index < -0.39 is 0 Å². The van der Waals surface area contributed by atoms with Crippen molar-refractivity contribution in [3.63, 3.8) is 0 Å². The van der Waals surface area contributed by atoms with Crippen LogP contribution < -0.4 is 5.32 Å². The molecular weight excluding hydrogens is 218 g/mol. The number of hydrogen-bond acceptors (Lipinski definition) is 4. The standard InChI is InChI=1S/C12H21N3S/c1-3-7-13-11(8-9-5-6-9)12-10(4-2)14-15-16-12/h9,11,13H,3-8H2,1-2H3. The topological polar surface area (TPSA) is 37.8 Å². The maximum atomic E-state index is 4.22. The van der Waals surface area contributed by atoms with Crippen LogP contribution in [-0.4, -0.2) is 16.1 Å². The minimum Gasteiger partial charge on any atom is -0.309 e. The first-order valence-electron chi connectivity index (χ1n) is 6.39. The Morgan fingerprint density at radius 2 is 2.25 bits per heavy atom. The zero-order chi connectivity index (χ0) is 11.4. The molecule has 1 unspecified atom stereocenters. The van der Waals surface area contributed by atoms with Crippen LogP contribution in [0.25, 0.3) is 0 Å². The molecule has 90 valence electrons. The Balaban J connectivity index is 2.03. The van der Waals surface area contributed by atoms with Crippen LogP contribution in [0.15, 0.2) is 0 Å². The lowest BCUT2D eigenvalue weighted by molar-refractivity contribution is 0.477.